The van der Waals surface area contributed by atoms with Crippen LogP contribution in [-0.2, 0) is 6.54 Å². The van der Waals surface area contributed by atoms with Gasteiger partial charge in [0, 0.05) is 6.20 Å². The Morgan fingerprint density at radius 3 is 3.00 bits per heavy atom. The number of aryl methyl sites for hydroxylation is 1. The van der Waals surface area contributed by atoms with Gasteiger partial charge in [0.05, 0.1) is 29.7 Å². The lowest BCUT2D eigenvalue weighted by Crippen LogP contribution is -2.24. The Labute approximate surface area is 115 Å². The largest absolute Gasteiger partial charge is 0.397 e. The van der Waals surface area contributed by atoms with Crippen LogP contribution in [0.4, 0.5) is 5.69 Å². The van der Waals surface area contributed by atoms with E-state index >= 15 is 0 Å². The summed E-state index contributed by atoms with van der Waals surface area (Å²) in [6, 6.07) is 3.16. The first-order valence-corrected chi connectivity index (χ1v) is 5.92. The molecule has 0 bridgehead atoms. The van der Waals surface area contributed by atoms with Gasteiger partial charge in [-0.1, -0.05) is 11.6 Å². The zero-order valence-electron chi connectivity index (χ0n) is 10.2. The minimum Gasteiger partial charge on any atom is -0.397 e. The lowest BCUT2D eigenvalue weighted by molar-refractivity contribution is 0.0951. The van der Waals surface area contributed by atoms with Crippen molar-refractivity contribution in [3.05, 3.63) is 46.8 Å². The molecule has 98 valence electrons. The van der Waals surface area contributed by atoms with Crippen LogP contribution in [-0.4, -0.2) is 20.9 Å². The number of nitrogens with two attached hydrogens (primary N) is 1. The molecule has 1 amide bonds. The molecule has 0 aromatic carbocycles. The second-order valence-corrected chi connectivity index (χ2v) is 4.26. The second-order valence-electron chi connectivity index (χ2n) is 3.87. The average molecular weight is 278 g/mol. The van der Waals surface area contributed by atoms with Crippen molar-refractivity contribution in [3.8, 4) is 0 Å². The summed E-state index contributed by atoms with van der Waals surface area (Å²) in [5, 5.41) is 2.93. The molecular formula is C12H12ClN5O. The number of nitrogen functional groups attached to an aromatic ring is 1. The number of anilines is 1. The Bertz CT molecular complexity index is 617. The maximum atomic E-state index is 12.0. The second kappa shape index (κ2) is 5.62. The summed E-state index contributed by atoms with van der Waals surface area (Å²) in [5.41, 5.74) is 6.97. The van der Waals surface area contributed by atoms with E-state index in [9.17, 15) is 4.79 Å². The van der Waals surface area contributed by atoms with E-state index in [0.717, 1.165) is 5.69 Å². The van der Waals surface area contributed by atoms with Crippen molar-refractivity contribution in [1.82, 2.24) is 20.3 Å². The molecule has 0 radical (unpaired) electrons. The lowest BCUT2D eigenvalue weighted by Gasteiger charge is -2.07. The maximum Gasteiger partial charge on any atom is 0.253 e. The zero-order valence-corrected chi connectivity index (χ0v) is 11.0. The molecule has 0 aliphatic heterocycles. The summed E-state index contributed by atoms with van der Waals surface area (Å²) < 4.78 is 0. The van der Waals surface area contributed by atoms with Crippen LogP contribution in [0.5, 0.6) is 0 Å². The van der Waals surface area contributed by atoms with E-state index in [4.69, 9.17) is 17.3 Å². The Hall–Kier alpha value is -2.21. The number of aromatic nitrogens is 3. The number of hydrogen-bond donors (Lipinski definition) is 2. The van der Waals surface area contributed by atoms with Gasteiger partial charge < -0.3 is 11.1 Å². The third-order valence-electron chi connectivity index (χ3n) is 2.41. The van der Waals surface area contributed by atoms with Gasteiger partial charge in [-0.2, -0.15) is 0 Å². The summed E-state index contributed by atoms with van der Waals surface area (Å²) in [7, 11) is 0. The van der Waals surface area contributed by atoms with Gasteiger partial charge in [0.15, 0.2) is 0 Å². The van der Waals surface area contributed by atoms with Crippen molar-refractivity contribution in [3.63, 3.8) is 0 Å². The number of hydrogen-bond acceptors (Lipinski definition) is 5. The number of carbonyl (C=O) groups is 1. The lowest BCUT2D eigenvalue weighted by atomic mass is 10.2. The van der Waals surface area contributed by atoms with E-state index in [-0.39, 0.29) is 16.7 Å². The van der Waals surface area contributed by atoms with Gasteiger partial charge in [-0.05, 0) is 19.1 Å². The van der Waals surface area contributed by atoms with Gasteiger partial charge in [-0.15, -0.1) is 0 Å². The molecule has 6 nitrogen and oxygen atoms in total. The third-order valence-corrected chi connectivity index (χ3v) is 2.62. The molecule has 2 aromatic heterocycles. The summed E-state index contributed by atoms with van der Waals surface area (Å²) in [6.07, 6.45) is 2.99. The van der Waals surface area contributed by atoms with Crippen molar-refractivity contribution in [2.24, 2.45) is 0 Å². The molecule has 0 spiro atoms. The average Bonchev–Trinajstić information content (AvgIpc) is 2.39. The fraction of sp³-hybridized carbons (Fsp3) is 0.167. The van der Waals surface area contributed by atoms with Crippen LogP contribution in [0, 0.1) is 6.92 Å². The number of nitrogens with zero attached hydrogens (tertiary/aromatic N) is 3. The molecule has 7 heteroatoms. The summed E-state index contributed by atoms with van der Waals surface area (Å²) in [6.45, 7) is 2.08. The number of halogens is 1. The highest BCUT2D eigenvalue weighted by Crippen LogP contribution is 2.14. The highest BCUT2D eigenvalue weighted by atomic mass is 35.5. The first kappa shape index (κ1) is 13.2. The molecule has 0 saturated carbocycles. The number of nitrogens with one attached hydrogen (secondary N) is 1. The summed E-state index contributed by atoms with van der Waals surface area (Å²) >= 11 is 5.73. The Morgan fingerprint density at radius 2 is 2.26 bits per heavy atom. The number of pyridine rings is 1. The van der Waals surface area contributed by atoms with Crippen LogP contribution in [0.3, 0.4) is 0 Å². The van der Waals surface area contributed by atoms with Crippen molar-refractivity contribution in [2.75, 3.05) is 5.73 Å². The highest BCUT2D eigenvalue weighted by molar-refractivity contribution is 6.29. The number of amides is 1. The predicted octanol–water partition coefficient (Wildman–Crippen LogP) is 1.35. The van der Waals surface area contributed by atoms with Gasteiger partial charge in [-0.3, -0.25) is 4.79 Å². The molecule has 19 heavy (non-hydrogen) atoms. The van der Waals surface area contributed by atoms with Crippen molar-refractivity contribution >= 4 is 23.2 Å². The van der Waals surface area contributed by atoms with Gasteiger partial charge in [0.2, 0.25) is 0 Å². The Morgan fingerprint density at radius 1 is 1.47 bits per heavy atom. The van der Waals surface area contributed by atoms with Gasteiger partial charge in [0.1, 0.15) is 11.0 Å². The Balaban J connectivity index is 2.07. The van der Waals surface area contributed by atoms with Crippen LogP contribution in [0.15, 0.2) is 24.5 Å². The predicted molar refractivity (Wildman–Crippen MR) is 71.6 cm³/mol. The normalized spacial score (nSPS) is 10.2. The van der Waals surface area contributed by atoms with Crippen LogP contribution in [0.2, 0.25) is 5.15 Å². The van der Waals surface area contributed by atoms with E-state index in [1.165, 1.54) is 12.3 Å². The van der Waals surface area contributed by atoms with E-state index in [2.05, 4.69) is 20.3 Å². The third kappa shape index (κ3) is 3.38. The van der Waals surface area contributed by atoms with E-state index in [1.54, 1.807) is 19.2 Å². The quantitative estimate of drug-likeness (QED) is 0.826. The van der Waals surface area contributed by atoms with Crippen LogP contribution in [0.25, 0.3) is 0 Å². The summed E-state index contributed by atoms with van der Waals surface area (Å²) in [4.78, 5) is 23.9. The number of rotatable bonds is 3. The highest BCUT2D eigenvalue weighted by Gasteiger charge is 2.11. The molecule has 0 atom stereocenters. The van der Waals surface area contributed by atoms with Crippen molar-refractivity contribution in [1.29, 1.82) is 0 Å². The fourth-order valence-electron chi connectivity index (χ4n) is 1.51. The smallest absolute Gasteiger partial charge is 0.253 e. The van der Waals surface area contributed by atoms with Crippen LogP contribution >= 0.6 is 11.6 Å². The SMILES string of the molecule is Cc1nccc(CNC(=O)c2cc(Cl)ncc2N)n1. The fourth-order valence-corrected chi connectivity index (χ4v) is 1.66. The molecule has 2 heterocycles. The standard InChI is InChI=1S/C12H12ClN5O/c1-7-15-3-2-8(18-7)5-17-12(19)9-4-11(13)16-6-10(9)14/h2-4,6H,5,14H2,1H3,(H,17,19). The van der Waals surface area contributed by atoms with Crippen LogP contribution in [0.1, 0.15) is 21.9 Å². The van der Waals surface area contributed by atoms with Gasteiger partial charge >= 0.3 is 0 Å². The molecule has 0 unspecified atom stereocenters. The molecule has 2 aromatic rings. The van der Waals surface area contributed by atoms with E-state index < -0.39 is 0 Å². The Kier molecular flexibility index (Phi) is 3.91. The first-order valence-electron chi connectivity index (χ1n) is 5.54. The molecule has 0 fully saturated rings. The van der Waals surface area contributed by atoms with Crippen LogP contribution < -0.4 is 11.1 Å². The van der Waals surface area contributed by atoms with Crippen molar-refractivity contribution < 1.29 is 4.79 Å². The minimum absolute atomic E-state index is 0.220. The zero-order chi connectivity index (χ0) is 13.8. The molecule has 0 saturated heterocycles. The first-order chi connectivity index (χ1) is 9.06. The molecular weight excluding hydrogens is 266 g/mol. The topological polar surface area (TPSA) is 93.8 Å². The van der Waals surface area contributed by atoms with Crippen molar-refractivity contribution in [2.45, 2.75) is 13.5 Å². The summed E-state index contributed by atoms with van der Waals surface area (Å²) in [5.74, 6) is 0.330. The monoisotopic (exact) mass is 277 g/mol. The van der Waals surface area contributed by atoms with E-state index in [0.29, 0.717) is 17.9 Å². The molecule has 0 aliphatic rings. The molecule has 2 rings (SSSR count). The minimum atomic E-state index is -0.321. The maximum absolute atomic E-state index is 12.0. The number of carbonyl (C=O) groups excluding carboxylic acids is 1. The van der Waals surface area contributed by atoms with E-state index in [1.807, 2.05) is 0 Å². The molecule has 0 aliphatic carbocycles. The van der Waals surface area contributed by atoms with Gasteiger partial charge in [-0.25, -0.2) is 15.0 Å². The van der Waals surface area contributed by atoms with Gasteiger partial charge in [0.25, 0.3) is 5.91 Å². The molecule has 3 N–H and O–H groups in total.